The number of carbonyl (C=O) groups excluding carboxylic acids is 1. The number of aromatic amines is 1. The Balaban J connectivity index is 1.33. The Labute approximate surface area is 189 Å². The molecule has 0 unspecified atom stereocenters. The van der Waals surface area contributed by atoms with Crippen LogP contribution in [0.2, 0.25) is 0 Å². The number of H-pyrrole nitrogens is 1. The lowest BCUT2D eigenvalue weighted by Gasteiger charge is -2.38. The number of rotatable bonds is 4. The Bertz CT molecular complexity index is 1300. The molecule has 2 aliphatic heterocycles. The van der Waals surface area contributed by atoms with Crippen molar-refractivity contribution in [2.24, 2.45) is 0 Å². The number of amides is 1. The van der Waals surface area contributed by atoms with Gasteiger partial charge in [0, 0.05) is 48.4 Å². The SMILES string of the molecule is Nc1nc([C@@H]2C[C@H]3CC[C@@H](C2)N3C(=O)CO)cn2c(-c3ccc(-c4ncc[nH]4)nc3)cnc12. The lowest BCUT2D eigenvalue weighted by molar-refractivity contribution is -0.138. The van der Waals surface area contributed by atoms with Gasteiger partial charge in [0.25, 0.3) is 0 Å². The molecule has 6 heterocycles. The third-order valence-corrected chi connectivity index (χ3v) is 6.91. The van der Waals surface area contributed by atoms with Crippen molar-refractivity contribution in [3.05, 3.63) is 48.8 Å². The van der Waals surface area contributed by atoms with Gasteiger partial charge in [-0.1, -0.05) is 0 Å². The lowest BCUT2D eigenvalue weighted by Crippen LogP contribution is -2.47. The zero-order valence-corrected chi connectivity index (χ0v) is 17.9. The number of nitrogens with two attached hydrogens (primary N) is 1. The Morgan fingerprint density at radius 3 is 2.64 bits per heavy atom. The molecular weight excluding hydrogens is 420 g/mol. The maximum absolute atomic E-state index is 12.2. The molecule has 0 radical (unpaired) electrons. The largest absolute Gasteiger partial charge is 0.387 e. The summed E-state index contributed by atoms with van der Waals surface area (Å²) in [7, 11) is 0. The number of carbonyl (C=O) groups is 1. The van der Waals surface area contributed by atoms with E-state index in [4.69, 9.17) is 5.73 Å². The van der Waals surface area contributed by atoms with Crippen LogP contribution in [-0.4, -0.2) is 63.9 Å². The molecule has 4 aromatic rings. The van der Waals surface area contributed by atoms with Gasteiger partial charge in [-0.15, -0.1) is 0 Å². The minimum atomic E-state index is -0.431. The predicted molar refractivity (Wildman–Crippen MR) is 121 cm³/mol. The van der Waals surface area contributed by atoms with Crippen molar-refractivity contribution in [1.29, 1.82) is 0 Å². The number of piperidine rings is 1. The molecule has 6 rings (SSSR count). The molecule has 0 spiro atoms. The fraction of sp³-hybridized carbons (Fsp3) is 0.348. The van der Waals surface area contributed by atoms with Crippen LogP contribution in [0.5, 0.6) is 0 Å². The summed E-state index contributed by atoms with van der Waals surface area (Å²) in [5, 5.41) is 9.33. The first-order chi connectivity index (χ1) is 16.1. The van der Waals surface area contributed by atoms with E-state index in [0.29, 0.717) is 11.5 Å². The number of hydrogen-bond acceptors (Lipinski definition) is 7. The number of aliphatic hydroxyl groups is 1. The van der Waals surface area contributed by atoms with E-state index in [2.05, 4.69) is 24.9 Å². The quantitative estimate of drug-likeness (QED) is 0.437. The van der Waals surface area contributed by atoms with E-state index in [-0.39, 0.29) is 23.9 Å². The number of nitrogens with one attached hydrogen (secondary N) is 1. The van der Waals surface area contributed by atoms with Gasteiger partial charge < -0.3 is 20.7 Å². The van der Waals surface area contributed by atoms with Crippen molar-refractivity contribution < 1.29 is 9.90 Å². The third kappa shape index (κ3) is 3.25. The van der Waals surface area contributed by atoms with Gasteiger partial charge in [0.1, 0.15) is 12.3 Å². The van der Waals surface area contributed by atoms with Gasteiger partial charge in [0.2, 0.25) is 5.91 Å². The molecule has 3 atom stereocenters. The topological polar surface area (TPSA) is 138 Å². The first-order valence-corrected chi connectivity index (χ1v) is 11.1. The molecule has 2 aliphatic rings. The summed E-state index contributed by atoms with van der Waals surface area (Å²) in [6.07, 6.45) is 12.6. The first kappa shape index (κ1) is 19.9. The monoisotopic (exact) mass is 444 g/mol. The van der Waals surface area contributed by atoms with Crippen molar-refractivity contribution in [2.75, 3.05) is 12.3 Å². The standard InChI is InChI=1S/C23H24N8O2/c24-21-23-28-10-19(13-1-4-17(27-9-13)22-25-5-6-26-22)30(23)11-18(29-21)14-7-15-2-3-16(8-14)31(15)20(33)12-32/h1,4-6,9-11,14-16,32H,2-3,7-8,12H2,(H2,24,29)(H,25,26)/t14-,15-,16+. The zero-order chi connectivity index (χ0) is 22.5. The number of pyridine rings is 1. The van der Waals surface area contributed by atoms with Gasteiger partial charge in [0.05, 0.1) is 17.6 Å². The molecule has 10 nitrogen and oxygen atoms in total. The maximum Gasteiger partial charge on any atom is 0.248 e. The van der Waals surface area contributed by atoms with Crippen LogP contribution in [0.25, 0.3) is 28.4 Å². The van der Waals surface area contributed by atoms with Crippen LogP contribution in [0.15, 0.2) is 43.1 Å². The number of aliphatic hydroxyl groups excluding tert-OH is 1. The maximum atomic E-state index is 12.2. The number of hydrogen-bond donors (Lipinski definition) is 3. The van der Waals surface area contributed by atoms with Crippen LogP contribution >= 0.6 is 0 Å². The van der Waals surface area contributed by atoms with Crippen LogP contribution in [-0.2, 0) is 4.79 Å². The smallest absolute Gasteiger partial charge is 0.248 e. The highest BCUT2D eigenvalue weighted by molar-refractivity contribution is 5.78. The molecule has 2 bridgehead atoms. The number of nitrogen functional groups attached to an aromatic ring is 1. The van der Waals surface area contributed by atoms with E-state index in [9.17, 15) is 9.90 Å². The number of imidazole rings is 2. The van der Waals surface area contributed by atoms with Gasteiger partial charge in [-0.25, -0.2) is 15.0 Å². The van der Waals surface area contributed by atoms with Crippen molar-refractivity contribution in [3.8, 4) is 22.8 Å². The second-order valence-electron chi connectivity index (χ2n) is 8.77. The molecule has 4 aromatic heterocycles. The molecule has 10 heteroatoms. The van der Waals surface area contributed by atoms with E-state index in [1.54, 1.807) is 24.8 Å². The molecule has 2 saturated heterocycles. The molecular formula is C23H24N8O2. The summed E-state index contributed by atoms with van der Waals surface area (Å²) in [5.41, 5.74) is 10.4. The summed E-state index contributed by atoms with van der Waals surface area (Å²) in [4.78, 5) is 35.1. The van der Waals surface area contributed by atoms with E-state index >= 15 is 0 Å². The number of fused-ring (bicyclic) bond motifs is 3. The number of nitrogens with zero attached hydrogens (tertiary/aromatic N) is 6. The molecule has 1 amide bonds. The average molecular weight is 444 g/mol. The minimum Gasteiger partial charge on any atom is -0.387 e. The molecule has 4 N–H and O–H groups in total. The van der Waals surface area contributed by atoms with Crippen LogP contribution in [0.3, 0.4) is 0 Å². The number of aromatic nitrogens is 6. The van der Waals surface area contributed by atoms with Crippen molar-refractivity contribution in [1.82, 2.24) is 34.2 Å². The second-order valence-corrected chi connectivity index (χ2v) is 8.77. The van der Waals surface area contributed by atoms with Gasteiger partial charge >= 0.3 is 0 Å². The average Bonchev–Trinajstić information content (AvgIpc) is 3.57. The fourth-order valence-electron chi connectivity index (χ4n) is 5.44. The summed E-state index contributed by atoms with van der Waals surface area (Å²) in [5.74, 6) is 1.13. The Kier molecular flexibility index (Phi) is 4.61. The van der Waals surface area contributed by atoms with Crippen molar-refractivity contribution in [3.63, 3.8) is 0 Å². The third-order valence-electron chi connectivity index (χ3n) is 6.91. The van der Waals surface area contributed by atoms with Crippen LogP contribution in [0.4, 0.5) is 5.82 Å². The van der Waals surface area contributed by atoms with Gasteiger partial charge in [-0.05, 0) is 37.8 Å². The predicted octanol–water partition coefficient (Wildman–Crippen LogP) is 1.99. The van der Waals surface area contributed by atoms with Gasteiger partial charge in [-0.3, -0.25) is 14.2 Å². The Morgan fingerprint density at radius 2 is 1.97 bits per heavy atom. The summed E-state index contributed by atoms with van der Waals surface area (Å²) in [6, 6.07) is 4.20. The van der Waals surface area contributed by atoms with E-state index in [1.165, 1.54) is 0 Å². The second kappa shape index (κ2) is 7.66. The van der Waals surface area contributed by atoms with Crippen LogP contribution in [0, 0.1) is 0 Å². The highest BCUT2D eigenvalue weighted by Gasteiger charge is 2.43. The number of anilines is 1. The Morgan fingerprint density at radius 1 is 1.15 bits per heavy atom. The van der Waals surface area contributed by atoms with Gasteiger partial charge in [-0.2, -0.15) is 0 Å². The molecule has 0 aromatic carbocycles. The lowest BCUT2D eigenvalue weighted by atomic mass is 9.88. The summed E-state index contributed by atoms with van der Waals surface area (Å²) in [6.45, 7) is -0.431. The molecule has 33 heavy (non-hydrogen) atoms. The van der Waals surface area contributed by atoms with E-state index in [0.717, 1.165) is 54.2 Å². The van der Waals surface area contributed by atoms with E-state index < -0.39 is 6.61 Å². The first-order valence-electron chi connectivity index (χ1n) is 11.1. The highest BCUT2D eigenvalue weighted by Crippen LogP contribution is 2.43. The summed E-state index contributed by atoms with van der Waals surface area (Å²) < 4.78 is 1.98. The normalized spacial score (nSPS) is 22.2. The molecule has 0 aliphatic carbocycles. The van der Waals surface area contributed by atoms with Gasteiger partial charge in [0.15, 0.2) is 17.3 Å². The van der Waals surface area contributed by atoms with E-state index in [1.807, 2.05) is 27.6 Å². The molecule has 2 fully saturated rings. The van der Waals surface area contributed by atoms with Crippen molar-refractivity contribution >= 4 is 17.4 Å². The molecule has 168 valence electrons. The molecule has 0 saturated carbocycles. The van der Waals surface area contributed by atoms with Crippen LogP contribution in [0.1, 0.15) is 37.3 Å². The van der Waals surface area contributed by atoms with Crippen LogP contribution < -0.4 is 5.73 Å². The van der Waals surface area contributed by atoms with Crippen molar-refractivity contribution in [2.45, 2.75) is 43.7 Å². The summed E-state index contributed by atoms with van der Waals surface area (Å²) >= 11 is 0. The minimum absolute atomic E-state index is 0.146. The fourth-order valence-corrected chi connectivity index (χ4v) is 5.44. The zero-order valence-electron chi connectivity index (χ0n) is 17.9. The Hall–Kier alpha value is -3.79. The highest BCUT2D eigenvalue weighted by atomic mass is 16.3.